The van der Waals surface area contributed by atoms with Crippen LogP contribution in [0.4, 0.5) is 8.78 Å². The lowest BCUT2D eigenvalue weighted by Crippen LogP contribution is -2.06. The van der Waals surface area contributed by atoms with Crippen LogP contribution in [0.1, 0.15) is 61.8 Å². The summed E-state index contributed by atoms with van der Waals surface area (Å²) < 4.78 is 26.1. The van der Waals surface area contributed by atoms with Crippen LogP contribution in [-0.4, -0.2) is 19.9 Å². The van der Waals surface area contributed by atoms with Gasteiger partial charge in [0.1, 0.15) is 11.6 Å². The summed E-state index contributed by atoms with van der Waals surface area (Å²) in [5, 5.41) is 0. The number of rotatable bonds is 3. The van der Waals surface area contributed by atoms with E-state index in [2.05, 4.69) is 19.9 Å². The van der Waals surface area contributed by atoms with E-state index in [1.165, 1.54) is 6.20 Å². The van der Waals surface area contributed by atoms with Crippen molar-refractivity contribution >= 4 is 0 Å². The molecule has 0 aromatic carbocycles. The maximum absolute atomic E-state index is 13.5. The molecule has 2 heterocycles. The Balaban J connectivity index is 0.000000238. The van der Waals surface area contributed by atoms with Crippen molar-refractivity contribution in [3.05, 3.63) is 46.6 Å². The van der Waals surface area contributed by atoms with E-state index >= 15 is 0 Å². The second-order valence-corrected chi connectivity index (χ2v) is 5.43. The summed E-state index contributed by atoms with van der Waals surface area (Å²) in [5.74, 6) is 0.876. The predicted molar refractivity (Wildman–Crippen MR) is 86.3 cm³/mol. The molecule has 2 aromatic heterocycles. The van der Waals surface area contributed by atoms with Crippen LogP contribution in [0.15, 0.2) is 6.20 Å². The molecular weight excluding hydrogens is 298 g/mol. The van der Waals surface area contributed by atoms with E-state index in [0.717, 1.165) is 6.42 Å². The van der Waals surface area contributed by atoms with Crippen molar-refractivity contribution in [1.29, 1.82) is 0 Å². The second-order valence-electron chi connectivity index (χ2n) is 5.43. The second kappa shape index (κ2) is 8.60. The van der Waals surface area contributed by atoms with Crippen molar-refractivity contribution in [2.24, 2.45) is 0 Å². The number of hydrogen-bond acceptors (Lipinski definition) is 4. The molecule has 0 aliphatic heterocycles. The number of aromatic nitrogens is 4. The Morgan fingerprint density at radius 2 is 1.65 bits per heavy atom. The molecule has 0 aliphatic carbocycles. The van der Waals surface area contributed by atoms with E-state index in [0.29, 0.717) is 35.2 Å². The molecule has 0 spiro atoms. The molecule has 6 heteroatoms. The van der Waals surface area contributed by atoms with Gasteiger partial charge in [-0.2, -0.15) is 0 Å². The van der Waals surface area contributed by atoms with Crippen LogP contribution in [0.2, 0.25) is 0 Å². The molecule has 0 aliphatic rings. The van der Waals surface area contributed by atoms with Crippen LogP contribution in [-0.2, 0) is 6.42 Å². The van der Waals surface area contributed by atoms with Gasteiger partial charge in [-0.15, -0.1) is 0 Å². The first kappa shape index (κ1) is 19.1. The van der Waals surface area contributed by atoms with Gasteiger partial charge in [-0.25, -0.2) is 28.7 Å². The minimum absolute atomic E-state index is 0.167. The predicted octanol–water partition coefficient (Wildman–Crippen LogP) is 4.23. The van der Waals surface area contributed by atoms with Crippen LogP contribution in [0.3, 0.4) is 0 Å². The zero-order chi connectivity index (χ0) is 17.6. The summed E-state index contributed by atoms with van der Waals surface area (Å²) in [6.45, 7) is 11.1. The summed E-state index contributed by atoms with van der Waals surface area (Å²) in [6, 6.07) is 0. The van der Waals surface area contributed by atoms with E-state index in [1.807, 2.05) is 20.8 Å². The molecule has 2 rings (SSSR count). The molecule has 1 atom stereocenters. The molecule has 0 radical (unpaired) electrons. The van der Waals surface area contributed by atoms with Gasteiger partial charge >= 0.3 is 0 Å². The molecule has 0 saturated carbocycles. The summed E-state index contributed by atoms with van der Waals surface area (Å²) in [5.41, 5.74) is 1.49. The van der Waals surface area contributed by atoms with Crippen LogP contribution >= 0.6 is 0 Å². The Morgan fingerprint density at radius 3 is 2.17 bits per heavy atom. The number of halogens is 2. The van der Waals surface area contributed by atoms with Gasteiger partial charge in [-0.1, -0.05) is 20.8 Å². The van der Waals surface area contributed by atoms with Crippen molar-refractivity contribution < 1.29 is 8.78 Å². The van der Waals surface area contributed by atoms with Gasteiger partial charge in [0, 0.05) is 5.92 Å². The monoisotopic (exact) mass is 322 g/mol. The standard InChI is InChI=1S/C10H15FN2.C7H9FN2/c1-5-6(2)10-9(11)7(3)12-8(4)13-10;1-3-7-6(8)4-9-5(2)10-7/h6H,5H2,1-4H3;4H,3H2,1-2H3. The minimum atomic E-state index is -0.312. The zero-order valence-electron chi connectivity index (χ0n) is 14.6. The maximum Gasteiger partial charge on any atom is 0.166 e. The highest BCUT2D eigenvalue weighted by atomic mass is 19.1. The smallest absolute Gasteiger partial charge is 0.166 e. The molecule has 0 N–H and O–H groups in total. The lowest BCUT2D eigenvalue weighted by molar-refractivity contribution is 0.547. The van der Waals surface area contributed by atoms with Crippen LogP contribution in [0.25, 0.3) is 0 Å². The SMILES string of the molecule is CCC(C)c1nc(C)nc(C)c1F.CCc1nc(C)ncc1F. The highest BCUT2D eigenvalue weighted by Crippen LogP contribution is 2.20. The van der Waals surface area contributed by atoms with E-state index < -0.39 is 0 Å². The lowest BCUT2D eigenvalue weighted by atomic mass is 10.0. The number of aryl methyl sites for hydroxylation is 4. The molecule has 0 bridgehead atoms. The maximum atomic E-state index is 13.5. The zero-order valence-corrected chi connectivity index (χ0v) is 14.6. The fraction of sp³-hybridized carbons (Fsp3) is 0.529. The van der Waals surface area contributed by atoms with E-state index in [4.69, 9.17) is 0 Å². The quantitative estimate of drug-likeness (QED) is 0.848. The Kier molecular flexibility index (Phi) is 7.13. The highest BCUT2D eigenvalue weighted by molar-refractivity contribution is 5.16. The molecule has 23 heavy (non-hydrogen) atoms. The average molecular weight is 322 g/mol. The third-order valence-corrected chi connectivity index (χ3v) is 3.51. The minimum Gasteiger partial charge on any atom is -0.239 e. The topological polar surface area (TPSA) is 51.6 Å². The Hall–Kier alpha value is -1.98. The number of nitrogens with zero attached hydrogens (tertiary/aromatic N) is 4. The third-order valence-electron chi connectivity index (χ3n) is 3.51. The normalized spacial score (nSPS) is 11.7. The van der Waals surface area contributed by atoms with Gasteiger partial charge in [0.05, 0.1) is 23.3 Å². The van der Waals surface area contributed by atoms with E-state index in [-0.39, 0.29) is 17.6 Å². The van der Waals surface area contributed by atoms with Crippen molar-refractivity contribution in [1.82, 2.24) is 19.9 Å². The van der Waals surface area contributed by atoms with Gasteiger partial charge < -0.3 is 0 Å². The highest BCUT2D eigenvalue weighted by Gasteiger charge is 2.14. The fourth-order valence-corrected chi connectivity index (χ4v) is 2.00. The summed E-state index contributed by atoms with van der Waals surface area (Å²) in [6.07, 6.45) is 2.73. The van der Waals surface area contributed by atoms with Crippen molar-refractivity contribution in [3.63, 3.8) is 0 Å². The Bertz CT molecular complexity index is 659. The van der Waals surface area contributed by atoms with Gasteiger partial charge in [0.2, 0.25) is 0 Å². The molecule has 0 saturated heterocycles. The van der Waals surface area contributed by atoms with Crippen molar-refractivity contribution in [2.75, 3.05) is 0 Å². The fourth-order valence-electron chi connectivity index (χ4n) is 2.00. The van der Waals surface area contributed by atoms with Crippen LogP contribution in [0, 0.1) is 32.4 Å². The molecule has 1 unspecified atom stereocenters. The van der Waals surface area contributed by atoms with Crippen LogP contribution < -0.4 is 0 Å². The molecule has 4 nitrogen and oxygen atoms in total. The number of hydrogen-bond donors (Lipinski definition) is 0. The van der Waals surface area contributed by atoms with Gasteiger partial charge in [0.15, 0.2) is 11.6 Å². The first-order valence-electron chi connectivity index (χ1n) is 7.78. The molecular formula is C17H24F2N4. The van der Waals surface area contributed by atoms with Crippen LogP contribution in [0.5, 0.6) is 0 Å². The molecule has 126 valence electrons. The third kappa shape index (κ3) is 5.30. The van der Waals surface area contributed by atoms with Gasteiger partial charge in [-0.05, 0) is 33.6 Å². The Morgan fingerprint density at radius 1 is 1.00 bits per heavy atom. The van der Waals surface area contributed by atoms with E-state index in [1.54, 1.807) is 20.8 Å². The molecule has 0 fully saturated rings. The molecule has 0 amide bonds. The largest absolute Gasteiger partial charge is 0.239 e. The summed E-state index contributed by atoms with van der Waals surface area (Å²) >= 11 is 0. The summed E-state index contributed by atoms with van der Waals surface area (Å²) in [7, 11) is 0. The Labute approximate surface area is 136 Å². The average Bonchev–Trinajstić information content (AvgIpc) is 2.53. The van der Waals surface area contributed by atoms with E-state index in [9.17, 15) is 8.78 Å². The first-order chi connectivity index (χ1) is 10.8. The van der Waals surface area contributed by atoms with Crippen molar-refractivity contribution in [3.8, 4) is 0 Å². The van der Waals surface area contributed by atoms with Gasteiger partial charge in [-0.3, -0.25) is 0 Å². The lowest BCUT2D eigenvalue weighted by Gasteiger charge is -2.10. The van der Waals surface area contributed by atoms with Gasteiger partial charge in [0.25, 0.3) is 0 Å². The summed E-state index contributed by atoms with van der Waals surface area (Å²) in [4.78, 5) is 15.7. The first-order valence-corrected chi connectivity index (χ1v) is 7.78. The molecule has 2 aromatic rings. The van der Waals surface area contributed by atoms with Crippen molar-refractivity contribution in [2.45, 2.75) is 60.3 Å².